The number of benzene rings is 1. The number of aryl methyl sites for hydroxylation is 1. The number of nitrogens with zero attached hydrogens (tertiary/aromatic N) is 1. The molecule has 0 radical (unpaired) electrons. The van der Waals surface area contributed by atoms with Crippen LogP contribution in [0, 0.1) is 32.1 Å². The second kappa shape index (κ2) is 6.27. The number of hydrogen-bond acceptors (Lipinski definition) is 3. The highest BCUT2D eigenvalue weighted by Crippen LogP contribution is 2.28. The predicted octanol–water partition coefficient (Wildman–Crippen LogP) is 2.28. The van der Waals surface area contributed by atoms with Crippen molar-refractivity contribution in [2.75, 3.05) is 20.2 Å². The third kappa shape index (κ3) is 3.21. The maximum Gasteiger partial charge on any atom is 0.124 e. The molecule has 0 atom stereocenters. The Kier molecular flexibility index (Phi) is 4.99. The topological polar surface area (TPSA) is 45.0 Å². The summed E-state index contributed by atoms with van der Waals surface area (Å²) in [5.41, 5.74) is 4.99. The average molecular weight is 232 g/mol. The molecule has 0 heterocycles. The number of ether oxygens (including phenoxy) is 1. The van der Waals surface area contributed by atoms with Crippen molar-refractivity contribution in [3.63, 3.8) is 0 Å². The Bertz CT molecular complexity index is 433. The molecule has 0 saturated carbocycles. The Balaban J connectivity index is 2.84. The lowest BCUT2D eigenvalue weighted by molar-refractivity contribution is 0.408. The lowest BCUT2D eigenvalue weighted by Crippen LogP contribution is -2.17. The van der Waals surface area contributed by atoms with E-state index in [4.69, 9.17) is 10.00 Å². The van der Waals surface area contributed by atoms with Crippen LogP contribution in [0.5, 0.6) is 5.75 Å². The van der Waals surface area contributed by atoms with Crippen molar-refractivity contribution in [3.8, 4) is 11.8 Å². The van der Waals surface area contributed by atoms with E-state index in [-0.39, 0.29) is 0 Å². The fraction of sp³-hybridized carbons (Fsp3) is 0.500. The standard InChI is InChI=1S/C14H20N2O/c1-10-9-13(5-7-16-8-6-15)11(2)12(3)14(10)17-4/h9,16H,5,7-8H2,1-4H3. The number of hydrogen-bond donors (Lipinski definition) is 1. The van der Waals surface area contributed by atoms with Gasteiger partial charge in [-0.05, 0) is 49.4 Å². The summed E-state index contributed by atoms with van der Waals surface area (Å²) < 4.78 is 5.40. The van der Waals surface area contributed by atoms with Gasteiger partial charge in [0.2, 0.25) is 0 Å². The molecule has 0 unspecified atom stereocenters. The molecule has 0 aliphatic carbocycles. The number of rotatable bonds is 5. The average Bonchev–Trinajstić information content (AvgIpc) is 2.31. The van der Waals surface area contributed by atoms with E-state index in [9.17, 15) is 0 Å². The maximum absolute atomic E-state index is 8.45. The van der Waals surface area contributed by atoms with Gasteiger partial charge in [0.1, 0.15) is 5.75 Å². The molecule has 0 saturated heterocycles. The van der Waals surface area contributed by atoms with E-state index in [1.54, 1.807) is 7.11 Å². The summed E-state index contributed by atoms with van der Waals surface area (Å²) in [5, 5.41) is 11.5. The Hall–Kier alpha value is -1.53. The number of methoxy groups -OCH3 is 1. The van der Waals surface area contributed by atoms with Crippen LogP contribution in [0.4, 0.5) is 0 Å². The van der Waals surface area contributed by atoms with E-state index in [2.05, 4.69) is 38.2 Å². The molecule has 0 bridgehead atoms. The van der Waals surface area contributed by atoms with Gasteiger partial charge in [-0.1, -0.05) is 6.07 Å². The second-order valence-corrected chi connectivity index (χ2v) is 4.22. The van der Waals surface area contributed by atoms with Crippen LogP contribution in [0.2, 0.25) is 0 Å². The van der Waals surface area contributed by atoms with Crippen LogP contribution in [0.1, 0.15) is 22.3 Å². The minimum Gasteiger partial charge on any atom is -0.496 e. The summed E-state index contributed by atoms with van der Waals surface area (Å²) in [7, 11) is 1.71. The normalized spacial score (nSPS) is 10.1. The van der Waals surface area contributed by atoms with Crippen LogP contribution in [0.3, 0.4) is 0 Å². The lowest BCUT2D eigenvalue weighted by Gasteiger charge is -2.15. The maximum atomic E-state index is 8.45. The molecule has 3 heteroatoms. The molecular weight excluding hydrogens is 212 g/mol. The Morgan fingerprint density at radius 3 is 2.59 bits per heavy atom. The van der Waals surface area contributed by atoms with Gasteiger partial charge in [-0.2, -0.15) is 5.26 Å². The molecule has 3 nitrogen and oxygen atoms in total. The highest BCUT2D eigenvalue weighted by atomic mass is 16.5. The van der Waals surface area contributed by atoms with Crippen molar-refractivity contribution in [2.45, 2.75) is 27.2 Å². The van der Waals surface area contributed by atoms with Gasteiger partial charge in [0.05, 0.1) is 19.7 Å². The molecule has 1 aromatic rings. The van der Waals surface area contributed by atoms with Gasteiger partial charge in [-0.25, -0.2) is 0 Å². The minimum absolute atomic E-state index is 0.410. The van der Waals surface area contributed by atoms with E-state index in [0.29, 0.717) is 6.54 Å². The SMILES string of the molecule is COc1c(C)cc(CCNCC#N)c(C)c1C. The van der Waals surface area contributed by atoms with Gasteiger partial charge < -0.3 is 10.1 Å². The highest BCUT2D eigenvalue weighted by molar-refractivity contribution is 5.49. The van der Waals surface area contributed by atoms with E-state index >= 15 is 0 Å². The molecule has 1 aromatic carbocycles. The first kappa shape index (κ1) is 13.5. The molecule has 0 amide bonds. The van der Waals surface area contributed by atoms with Gasteiger partial charge >= 0.3 is 0 Å². The van der Waals surface area contributed by atoms with Crippen molar-refractivity contribution in [2.24, 2.45) is 0 Å². The lowest BCUT2D eigenvalue weighted by atomic mass is 9.96. The highest BCUT2D eigenvalue weighted by Gasteiger charge is 2.09. The molecular formula is C14H20N2O. The number of nitriles is 1. The smallest absolute Gasteiger partial charge is 0.124 e. The zero-order valence-electron chi connectivity index (χ0n) is 11.1. The zero-order valence-corrected chi connectivity index (χ0v) is 11.1. The first-order valence-corrected chi connectivity index (χ1v) is 5.83. The molecule has 92 valence electrons. The van der Waals surface area contributed by atoms with Crippen molar-refractivity contribution in [1.82, 2.24) is 5.32 Å². The second-order valence-electron chi connectivity index (χ2n) is 4.22. The molecule has 0 aliphatic rings. The summed E-state index contributed by atoms with van der Waals surface area (Å²) in [4.78, 5) is 0. The Morgan fingerprint density at radius 2 is 2.00 bits per heavy atom. The third-order valence-electron chi connectivity index (χ3n) is 3.11. The third-order valence-corrected chi connectivity index (χ3v) is 3.11. The summed E-state index contributed by atoms with van der Waals surface area (Å²) in [6, 6.07) is 4.25. The molecule has 17 heavy (non-hydrogen) atoms. The van der Waals surface area contributed by atoms with Gasteiger partial charge in [0, 0.05) is 6.54 Å². The molecule has 0 aliphatic heterocycles. The zero-order chi connectivity index (χ0) is 12.8. The van der Waals surface area contributed by atoms with E-state index in [1.807, 2.05) is 0 Å². The quantitative estimate of drug-likeness (QED) is 0.625. The van der Waals surface area contributed by atoms with Gasteiger partial charge in [0.15, 0.2) is 0 Å². The van der Waals surface area contributed by atoms with Crippen molar-refractivity contribution in [1.29, 1.82) is 5.26 Å². The first-order valence-electron chi connectivity index (χ1n) is 5.83. The van der Waals surface area contributed by atoms with E-state index < -0.39 is 0 Å². The molecule has 0 aromatic heterocycles. The molecule has 1 rings (SSSR count). The van der Waals surface area contributed by atoms with E-state index in [0.717, 1.165) is 18.7 Å². The first-order chi connectivity index (χ1) is 8.11. The molecule has 0 spiro atoms. The summed E-state index contributed by atoms with van der Waals surface area (Å²) in [6.07, 6.45) is 0.944. The van der Waals surface area contributed by atoms with Crippen molar-refractivity contribution in [3.05, 3.63) is 28.3 Å². The van der Waals surface area contributed by atoms with Gasteiger partial charge in [-0.15, -0.1) is 0 Å². The van der Waals surface area contributed by atoms with Crippen LogP contribution < -0.4 is 10.1 Å². The van der Waals surface area contributed by atoms with Crippen molar-refractivity contribution >= 4 is 0 Å². The largest absolute Gasteiger partial charge is 0.496 e. The monoisotopic (exact) mass is 232 g/mol. The van der Waals surface area contributed by atoms with Crippen LogP contribution in [0.15, 0.2) is 6.07 Å². The minimum atomic E-state index is 0.410. The van der Waals surface area contributed by atoms with Crippen molar-refractivity contribution < 1.29 is 4.74 Å². The van der Waals surface area contributed by atoms with Crippen LogP contribution >= 0.6 is 0 Å². The fourth-order valence-corrected chi connectivity index (χ4v) is 2.08. The summed E-state index contributed by atoms with van der Waals surface area (Å²) in [5.74, 6) is 0.983. The summed E-state index contributed by atoms with van der Waals surface area (Å²) >= 11 is 0. The van der Waals surface area contributed by atoms with Crippen LogP contribution in [-0.2, 0) is 6.42 Å². The van der Waals surface area contributed by atoms with E-state index in [1.165, 1.54) is 22.3 Å². The predicted molar refractivity (Wildman–Crippen MR) is 69.4 cm³/mol. The molecule has 0 fully saturated rings. The van der Waals surface area contributed by atoms with Gasteiger partial charge in [-0.3, -0.25) is 0 Å². The van der Waals surface area contributed by atoms with Gasteiger partial charge in [0.25, 0.3) is 0 Å². The fourth-order valence-electron chi connectivity index (χ4n) is 2.08. The Labute approximate surface area is 103 Å². The Morgan fingerprint density at radius 1 is 1.29 bits per heavy atom. The summed E-state index contributed by atoms with van der Waals surface area (Å²) in [6.45, 7) is 7.52. The number of nitrogens with one attached hydrogen (secondary N) is 1. The van der Waals surface area contributed by atoms with Crippen LogP contribution in [0.25, 0.3) is 0 Å². The molecule has 1 N–H and O–H groups in total. The van der Waals surface area contributed by atoms with Crippen LogP contribution in [-0.4, -0.2) is 20.2 Å².